The van der Waals surface area contributed by atoms with Crippen molar-refractivity contribution in [2.45, 2.75) is 39.2 Å². The van der Waals surface area contributed by atoms with Gasteiger partial charge >= 0.3 is 0 Å². The molecule has 3 rings (SSSR count). The van der Waals surface area contributed by atoms with E-state index in [1.54, 1.807) is 6.07 Å². The highest BCUT2D eigenvalue weighted by atomic mass is 16.6. The maximum atomic E-state index is 12.3. The molecule has 0 saturated carbocycles. The number of amides is 1. The van der Waals surface area contributed by atoms with Gasteiger partial charge in [0.15, 0.2) is 11.5 Å². The van der Waals surface area contributed by atoms with Gasteiger partial charge in [0.1, 0.15) is 6.61 Å². The van der Waals surface area contributed by atoms with Gasteiger partial charge in [-0.15, -0.1) is 0 Å². The zero-order chi connectivity index (χ0) is 18.7. The monoisotopic (exact) mass is 352 g/mol. The quantitative estimate of drug-likeness (QED) is 0.677. The molecule has 5 nitrogen and oxygen atoms in total. The fourth-order valence-corrected chi connectivity index (χ4v) is 2.64. The van der Waals surface area contributed by atoms with Crippen molar-refractivity contribution in [2.75, 3.05) is 6.61 Å². The molecule has 0 fully saturated rings. The van der Waals surface area contributed by atoms with Crippen LogP contribution in [-0.4, -0.2) is 24.3 Å². The Morgan fingerprint density at radius 2 is 1.73 bits per heavy atom. The highest BCUT2D eigenvalue weighted by molar-refractivity contribution is 5.99. The van der Waals surface area contributed by atoms with Crippen LogP contribution in [0.3, 0.4) is 0 Å². The van der Waals surface area contributed by atoms with E-state index in [-0.39, 0.29) is 17.9 Å². The normalized spacial score (nSPS) is 16.9. The first kappa shape index (κ1) is 18.0. The Bertz CT molecular complexity index is 820. The minimum absolute atomic E-state index is 0.104. The maximum Gasteiger partial charge on any atom is 0.284 e. The van der Waals surface area contributed by atoms with Crippen molar-refractivity contribution in [1.82, 2.24) is 5.43 Å². The molecule has 1 aliphatic rings. The second kappa shape index (κ2) is 7.20. The molecule has 1 atom stereocenters. The van der Waals surface area contributed by atoms with Gasteiger partial charge in [-0.25, -0.2) is 5.43 Å². The van der Waals surface area contributed by atoms with Crippen molar-refractivity contribution in [2.24, 2.45) is 5.10 Å². The van der Waals surface area contributed by atoms with Crippen LogP contribution in [0.2, 0.25) is 0 Å². The summed E-state index contributed by atoms with van der Waals surface area (Å²) in [6.07, 6.45) is -0.718. The number of nitrogens with zero attached hydrogens (tertiary/aromatic N) is 1. The average Bonchev–Trinajstić information content (AvgIpc) is 2.64. The molecule has 136 valence electrons. The minimum Gasteiger partial charge on any atom is -0.485 e. The number of nitrogens with one attached hydrogen (secondary N) is 1. The Morgan fingerprint density at radius 3 is 2.38 bits per heavy atom. The number of rotatable bonds is 3. The van der Waals surface area contributed by atoms with Crippen molar-refractivity contribution in [1.29, 1.82) is 0 Å². The summed E-state index contributed by atoms with van der Waals surface area (Å²) in [5, 5.41) is 4.20. The van der Waals surface area contributed by atoms with Gasteiger partial charge in [-0.2, -0.15) is 5.10 Å². The summed E-state index contributed by atoms with van der Waals surface area (Å²) in [6, 6.07) is 15.5. The van der Waals surface area contributed by atoms with Gasteiger partial charge in [0.2, 0.25) is 6.10 Å². The topological polar surface area (TPSA) is 59.9 Å². The van der Waals surface area contributed by atoms with Crippen molar-refractivity contribution >= 4 is 11.6 Å². The Kier molecular flexibility index (Phi) is 4.98. The second-order valence-electron chi connectivity index (χ2n) is 7.36. The number of fused-ring (bicyclic) bond motifs is 1. The van der Waals surface area contributed by atoms with E-state index in [9.17, 15) is 4.79 Å². The van der Waals surface area contributed by atoms with Crippen LogP contribution in [-0.2, 0) is 10.2 Å². The highest BCUT2D eigenvalue weighted by Gasteiger charge is 2.27. The molecule has 1 aliphatic heterocycles. The molecule has 5 heteroatoms. The Balaban J connectivity index is 1.63. The lowest BCUT2D eigenvalue weighted by molar-refractivity contribution is -0.130. The summed E-state index contributed by atoms with van der Waals surface area (Å²) in [7, 11) is 0. The minimum atomic E-state index is -0.718. The van der Waals surface area contributed by atoms with E-state index in [1.165, 1.54) is 5.56 Å². The predicted molar refractivity (Wildman–Crippen MR) is 102 cm³/mol. The van der Waals surface area contributed by atoms with Gasteiger partial charge in [-0.3, -0.25) is 4.79 Å². The summed E-state index contributed by atoms with van der Waals surface area (Å²) < 4.78 is 11.2. The van der Waals surface area contributed by atoms with E-state index in [0.29, 0.717) is 11.5 Å². The van der Waals surface area contributed by atoms with E-state index < -0.39 is 6.10 Å². The van der Waals surface area contributed by atoms with Crippen molar-refractivity contribution in [3.05, 3.63) is 59.7 Å². The molecule has 0 aliphatic carbocycles. The van der Waals surface area contributed by atoms with Crippen molar-refractivity contribution in [3.63, 3.8) is 0 Å². The van der Waals surface area contributed by atoms with Crippen LogP contribution in [0.4, 0.5) is 0 Å². The largest absolute Gasteiger partial charge is 0.485 e. The standard InChI is InChI=1S/C21H24N2O3/c1-14(15-9-11-16(12-10-15)21(2,3)4)22-23-20(24)19-13-25-17-7-5-6-8-18(17)26-19/h5-12,19H,13H2,1-4H3,(H,23,24). The van der Waals surface area contributed by atoms with Gasteiger partial charge in [0.05, 0.1) is 5.71 Å². The summed E-state index contributed by atoms with van der Waals surface area (Å²) in [6.45, 7) is 8.55. The van der Waals surface area contributed by atoms with Crippen LogP contribution in [0.15, 0.2) is 53.6 Å². The van der Waals surface area contributed by atoms with Crippen LogP contribution in [0, 0.1) is 0 Å². The fraction of sp³-hybridized carbons (Fsp3) is 0.333. The molecule has 0 radical (unpaired) electrons. The van der Waals surface area contributed by atoms with Crippen LogP contribution >= 0.6 is 0 Å². The number of carbonyl (C=O) groups is 1. The first-order valence-corrected chi connectivity index (χ1v) is 8.68. The fourth-order valence-electron chi connectivity index (χ4n) is 2.64. The average molecular weight is 352 g/mol. The van der Waals surface area contributed by atoms with Gasteiger partial charge in [0.25, 0.3) is 5.91 Å². The van der Waals surface area contributed by atoms with Gasteiger partial charge in [-0.1, -0.05) is 57.2 Å². The molecule has 2 aromatic rings. The number of hydrogen-bond acceptors (Lipinski definition) is 4. The lowest BCUT2D eigenvalue weighted by Gasteiger charge is -2.24. The molecule has 0 saturated heterocycles. The number of para-hydroxylation sites is 2. The molecule has 0 aromatic heterocycles. The predicted octanol–water partition coefficient (Wildman–Crippen LogP) is 3.66. The third-order valence-corrected chi connectivity index (χ3v) is 4.30. The number of hydrogen-bond donors (Lipinski definition) is 1. The van der Waals surface area contributed by atoms with E-state index >= 15 is 0 Å². The van der Waals surface area contributed by atoms with E-state index in [1.807, 2.05) is 37.3 Å². The number of benzene rings is 2. The molecular weight excluding hydrogens is 328 g/mol. The summed E-state index contributed by atoms with van der Waals surface area (Å²) >= 11 is 0. The van der Waals surface area contributed by atoms with Crippen LogP contribution in [0.1, 0.15) is 38.8 Å². The van der Waals surface area contributed by atoms with Crippen LogP contribution < -0.4 is 14.9 Å². The third kappa shape index (κ3) is 4.04. The van der Waals surface area contributed by atoms with Crippen LogP contribution in [0.25, 0.3) is 0 Å². The Labute approximate surface area is 154 Å². The molecular formula is C21H24N2O3. The summed E-state index contributed by atoms with van der Waals surface area (Å²) in [4.78, 5) is 12.3. The van der Waals surface area contributed by atoms with Gasteiger partial charge in [0, 0.05) is 0 Å². The maximum absolute atomic E-state index is 12.3. The van der Waals surface area contributed by atoms with Crippen molar-refractivity contribution in [3.8, 4) is 11.5 Å². The lowest BCUT2D eigenvalue weighted by atomic mass is 9.86. The van der Waals surface area contributed by atoms with E-state index in [0.717, 1.165) is 11.3 Å². The lowest BCUT2D eigenvalue weighted by Crippen LogP contribution is -2.42. The number of carbonyl (C=O) groups excluding carboxylic acids is 1. The van der Waals surface area contributed by atoms with E-state index in [4.69, 9.17) is 9.47 Å². The Morgan fingerprint density at radius 1 is 1.08 bits per heavy atom. The molecule has 2 aromatic carbocycles. The third-order valence-electron chi connectivity index (χ3n) is 4.30. The van der Waals surface area contributed by atoms with Crippen molar-refractivity contribution < 1.29 is 14.3 Å². The second-order valence-corrected chi connectivity index (χ2v) is 7.36. The smallest absolute Gasteiger partial charge is 0.284 e. The first-order chi connectivity index (χ1) is 12.3. The zero-order valence-electron chi connectivity index (χ0n) is 15.6. The summed E-state index contributed by atoms with van der Waals surface area (Å²) in [5.41, 5.74) is 5.62. The summed E-state index contributed by atoms with van der Waals surface area (Å²) in [5.74, 6) is 0.887. The SMILES string of the molecule is CC(=NNC(=O)C1COc2ccccc2O1)c1ccc(C(C)(C)C)cc1. The first-order valence-electron chi connectivity index (χ1n) is 8.68. The highest BCUT2D eigenvalue weighted by Crippen LogP contribution is 2.30. The molecule has 1 heterocycles. The van der Waals surface area contributed by atoms with E-state index in [2.05, 4.69) is 43.4 Å². The van der Waals surface area contributed by atoms with Crippen LogP contribution in [0.5, 0.6) is 11.5 Å². The molecule has 26 heavy (non-hydrogen) atoms. The van der Waals surface area contributed by atoms with Gasteiger partial charge in [-0.05, 0) is 35.6 Å². The zero-order valence-corrected chi connectivity index (χ0v) is 15.6. The molecule has 1 N–H and O–H groups in total. The number of hydrazone groups is 1. The molecule has 0 bridgehead atoms. The molecule has 0 spiro atoms. The number of ether oxygens (including phenoxy) is 2. The molecule has 1 unspecified atom stereocenters. The molecule has 1 amide bonds. The van der Waals surface area contributed by atoms with Gasteiger partial charge < -0.3 is 9.47 Å². The Hall–Kier alpha value is -2.82.